The Kier molecular flexibility index (Phi) is 4.07. The van der Waals surface area contributed by atoms with Gasteiger partial charge in [0.15, 0.2) is 0 Å². The highest BCUT2D eigenvalue weighted by molar-refractivity contribution is 6.02. The van der Waals surface area contributed by atoms with Crippen LogP contribution in [0.2, 0.25) is 0 Å². The first-order valence-electron chi connectivity index (χ1n) is 9.40. The Labute approximate surface area is 143 Å². The number of hydrogen-bond acceptors (Lipinski definition) is 2. The molecule has 3 aliphatic rings. The number of benzene rings is 1. The largest absolute Gasteiger partial charge is 0.339 e. The number of carbonyl (C=O) groups is 2. The molecule has 24 heavy (non-hydrogen) atoms. The highest BCUT2D eigenvalue weighted by atomic mass is 16.2. The molecule has 128 valence electrons. The van der Waals surface area contributed by atoms with Gasteiger partial charge in [-0.05, 0) is 50.2 Å². The molecular weight excluding hydrogens is 300 g/mol. The van der Waals surface area contributed by atoms with Crippen LogP contribution in [0.1, 0.15) is 44.6 Å². The fourth-order valence-electron chi connectivity index (χ4n) is 4.44. The van der Waals surface area contributed by atoms with Gasteiger partial charge in [0.05, 0.1) is 11.8 Å². The summed E-state index contributed by atoms with van der Waals surface area (Å²) in [7, 11) is 0. The van der Waals surface area contributed by atoms with Gasteiger partial charge in [0, 0.05) is 24.8 Å². The van der Waals surface area contributed by atoms with Crippen molar-refractivity contribution in [3.63, 3.8) is 0 Å². The van der Waals surface area contributed by atoms with Crippen LogP contribution in [-0.4, -0.2) is 35.8 Å². The molecule has 0 radical (unpaired) electrons. The fraction of sp³-hybridized carbons (Fsp3) is 0.600. The summed E-state index contributed by atoms with van der Waals surface area (Å²) in [5, 5.41) is 0. The number of amides is 2. The summed E-state index contributed by atoms with van der Waals surface area (Å²) in [4.78, 5) is 29.7. The molecule has 4 rings (SSSR count). The van der Waals surface area contributed by atoms with E-state index in [9.17, 15) is 9.59 Å². The van der Waals surface area contributed by atoms with Crippen LogP contribution in [-0.2, 0) is 16.0 Å². The van der Waals surface area contributed by atoms with E-state index in [1.54, 1.807) is 0 Å². The first-order chi connectivity index (χ1) is 11.7. The number of likely N-dealkylation sites (tertiary alicyclic amines) is 1. The second-order valence-electron chi connectivity index (χ2n) is 7.41. The molecule has 2 aliphatic heterocycles. The number of fused-ring (bicyclic) bond motifs is 1. The lowest BCUT2D eigenvalue weighted by atomic mass is 9.99. The highest BCUT2D eigenvalue weighted by Crippen LogP contribution is 2.44. The van der Waals surface area contributed by atoms with Crippen molar-refractivity contribution in [2.24, 2.45) is 11.8 Å². The predicted molar refractivity (Wildman–Crippen MR) is 93.7 cm³/mol. The van der Waals surface area contributed by atoms with Gasteiger partial charge < -0.3 is 9.80 Å². The highest BCUT2D eigenvalue weighted by Gasteiger charge is 2.52. The maximum atomic E-state index is 12.9. The van der Waals surface area contributed by atoms with Gasteiger partial charge in [-0.3, -0.25) is 9.59 Å². The van der Waals surface area contributed by atoms with Crippen molar-refractivity contribution < 1.29 is 9.59 Å². The van der Waals surface area contributed by atoms with Gasteiger partial charge in [0.25, 0.3) is 0 Å². The van der Waals surface area contributed by atoms with Crippen LogP contribution in [0.4, 0.5) is 5.69 Å². The lowest BCUT2D eigenvalue weighted by molar-refractivity contribution is -0.137. The van der Waals surface area contributed by atoms with Crippen LogP contribution in [0.15, 0.2) is 24.3 Å². The van der Waals surface area contributed by atoms with Gasteiger partial charge in [0.2, 0.25) is 11.8 Å². The van der Waals surface area contributed by atoms with Gasteiger partial charge in [0.1, 0.15) is 0 Å². The molecule has 0 N–H and O–H groups in total. The van der Waals surface area contributed by atoms with E-state index < -0.39 is 0 Å². The minimum Gasteiger partial charge on any atom is -0.339 e. The predicted octanol–water partition coefficient (Wildman–Crippen LogP) is 3.00. The molecule has 0 bridgehead atoms. The summed E-state index contributed by atoms with van der Waals surface area (Å²) in [5.41, 5.74) is 2.29. The lowest BCUT2D eigenvalue weighted by Crippen LogP contribution is -2.45. The summed E-state index contributed by atoms with van der Waals surface area (Å²) in [6, 6.07) is 8.52. The smallest absolute Gasteiger partial charge is 0.230 e. The summed E-state index contributed by atoms with van der Waals surface area (Å²) >= 11 is 0. The molecule has 1 saturated carbocycles. The topological polar surface area (TPSA) is 40.6 Å². The minimum atomic E-state index is -0.0944. The Morgan fingerprint density at radius 3 is 2.71 bits per heavy atom. The fourth-order valence-corrected chi connectivity index (χ4v) is 4.44. The van der Waals surface area contributed by atoms with Crippen LogP contribution in [0.3, 0.4) is 0 Å². The van der Waals surface area contributed by atoms with Gasteiger partial charge >= 0.3 is 0 Å². The Bertz CT molecular complexity index is 657. The second-order valence-corrected chi connectivity index (χ2v) is 7.41. The van der Waals surface area contributed by atoms with E-state index in [-0.39, 0.29) is 23.7 Å². The van der Waals surface area contributed by atoms with Crippen LogP contribution in [0.25, 0.3) is 0 Å². The second kappa shape index (κ2) is 6.23. The molecule has 3 unspecified atom stereocenters. The van der Waals surface area contributed by atoms with Crippen molar-refractivity contribution in [3.05, 3.63) is 29.8 Å². The van der Waals surface area contributed by atoms with E-state index >= 15 is 0 Å². The van der Waals surface area contributed by atoms with Crippen LogP contribution in [0.5, 0.6) is 0 Å². The number of hydrogen-bond donors (Lipinski definition) is 0. The van der Waals surface area contributed by atoms with Crippen molar-refractivity contribution in [2.45, 2.75) is 51.5 Å². The van der Waals surface area contributed by atoms with Gasteiger partial charge in [-0.25, -0.2) is 0 Å². The van der Waals surface area contributed by atoms with Crippen LogP contribution >= 0.6 is 0 Å². The Hall–Kier alpha value is -1.84. The summed E-state index contributed by atoms with van der Waals surface area (Å²) in [6.07, 6.45) is 6.14. The minimum absolute atomic E-state index is 0.0718. The number of anilines is 1. The molecule has 4 heteroatoms. The molecule has 1 aliphatic carbocycles. The Morgan fingerprint density at radius 2 is 1.88 bits per heavy atom. The van der Waals surface area contributed by atoms with Crippen molar-refractivity contribution in [3.8, 4) is 0 Å². The van der Waals surface area contributed by atoms with E-state index in [0.29, 0.717) is 6.04 Å². The maximum Gasteiger partial charge on any atom is 0.230 e. The summed E-state index contributed by atoms with van der Waals surface area (Å²) in [5.74, 6) is 0.219. The zero-order chi connectivity index (χ0) is 16.7. The third-order valence-electron chi connectivity index (χ3n) is 5.96. The van der Waals surface area contributed by atoms with Gasteiger partial charge in [-0.15, -0.1) is 0 Å². The summed E-state index contributed by atoms with van der Waals surface area (Å²) in [6.45, 7) is 3.80. The van der Waals surface area contributed by atoms with Gasteiger partial charge in [-0.2, -0.15) is 0 Å². The standard InChI is InChI=1S/C20H26N2O2/c1-2-15-8-5-6-11-21(15)19(23)16-13-17(16)20(24)22-12-10-14-7-3-4-9-18(14)22/h3-4,7,9,15-17H,2,5-6,8,10-13H2,1H3. The summed E-state index contributed by atoms with van der Waals surface area (Å²) < 4.78 is 0. The Balaban J connectivity index is 1.43. The van der Waals surface area contributed by atoms with Crippen molar-refractivity contribution >= 4 is 17.5 Å². The normalized spacial score (nSPS) is 28.6. The van der Waals surface area contributed by atoms with E-state index in [0.717, 1.165) is 50.9 Å². The van der Waals surface area contributed by atoms with E-state index in [4.69, 9.17) is 0 Å². The average Bonchev–Trinajstić information content (AvgIpc) is 3.32. The van der Waals surface area contributed by atoms with Gasteiger partial charge in [-0.1, -0.05) is 25.1 Å². The molecule has 1 saturated heterocycles. The number of carbonyl (C=O) groups excluding carboxylic acids is 2. The van der Waals surface area contributed by atoms with Crippen LogP contribution in [0, 0.1) is 11.8 Å². The zero-order valence-corrected chi connectivity index (χ0v) is 14.4. The zero-order valence-electron chi connectivity index (χ0n) is 14.4. The molecule has 0 spiro atoms. The first-order valence-corrected chi connectivity index (χ1v) is 9.40. The van der Waals surface area contributed by atoms with E-state index in [2.05, 4.69) is 17.9 Å². The molecule has 2 amide bonds. The third kappa shape index (κ3) is 2.62. The van der Waals surface area contributed by atoms with Crippen molar-refractivity contribution in [1.29, 1.82) is 0 Å². The monoisotopic (exact) mass is 326 g/mol. The molecule has 4 nitrogen and oxygen atoms in total. The number of piperidine rings is 1. The van der Waals surface area contributed by atoms with E-state index in [1.807, 2.05) is 23.1 Å². The molecule has 2 fully saturated rings. The molecule has 3 atom stereocenters. The maximum absolute atomic E-state index is 12.9. The van der Waals surface area contributed by atoms with Crippen molar-refractivity contribution in [2.75, 3.05) is 18.0 Å². The number of rotatable bonds is 3. The van der Waals surface area contributed by atoms with Crippen LogP contribution < -0.4 is 4.90 Å². The number of para-hydroxylation sites is 1. The molecule has 1 aromatic carbocycles. The van der Waals surface area contributed by atoms with E-state index in [1.165, 1.54) is 12.0 Å². The average molecular weight is 326 g/mol. The third-order valence-corrected chi connectivity index (χ3v) is 5.96. The molecule has 0 aromatic heterocycles. The number of nitrogens with zero attached hydrogens (tertiary/aromatic N) is 2. The molecular formula is C20H26N2O2. The SMILES string of the molecule is CCC1CCCCN1C(=O)C1CC1C(=O)N1CCc2ccccc21. The molecule has 1 aromatic rings. The van der Waals surface area contributed by atoms with Crippen molar-refractivity contribution in [1.82, 2.24) is 4.90 Å². The quantitative estimate of drug-likeness (QED) is 0.857. The first kappa shape index (κ1) is 15.7. The molecule has 2 heterocycles. The lowest BCUT2D eigenvalue weighted by Gasteiger charge is -2.35. The Morgan fingerprint density at radius 1 is 1.08 bits per heavy atom.